The summed E-state index contributed by atoms with van der Waals surface area (Å²) in [6, 6.07) is -0.466. The maximum absolute atomic E-state index is 11.6. The van der Waals surface area contributed by atoms with Crippen molar-refractivity contribution in [3.63, 3.8) is 0 Å². The molecule has 92 valence electrons. The second-order valence-electron chi connectivity index (χ2n) is 3.61. The predicted octanol–water partition coefficient (Wildman–Crippen LogP) is 2.39. The molecule has 4 heteroatoms. The summed E-state index contributed by atoms with van der Waals surface area (Å²) in [5, 5.41) is 0. The molecule has 1 atom stereocenters. The highest BCUT2D eigenvalue weighted by atomic mass is 16.6. The van der Waals surface area contributed by atoms with E-state index in [1.165, 1.54) is 11.0 Å². The lowest BCUT2D eigenvalue weighted by atomic mass is 10.1. The molecular weight excluding hydrogens is 206 g/mol. The molecule has 0 bridgehead atoms. The van der Waals surface area contributed by atoms with Crippen LogP contribution < -0.4 is 0 Å². The molecule has 0 aromatic carbocycles. The summed E-state index contributed by atoms with van der Waals surface area (Å²) in [6.07, 6.45) is 3.16. The van der Waals surface area contributed by atoms with Gasteiger partial charge in [-0.25, -0.2) is 4.79 Å². The number of hydrogen-bond acceptors (Lipinski definition) is 3. The van der Waals surface area contributed by atoms with E-state index in [9.17, 15) is 9.59 Å². The topological polar surface area (TPSA) is 46.6 Å². The van der Waals surface area contributed by atoms with E-state index in [4.69, 9.17) is 4.74 Å². The number of likely N-dealkylation sites (N-methyl/N-ethyl adjacent to an activating group) is 1. The van der Waals surface area contributed by atoms with E-state index < -0.39 is 12.1 Å². The summed E-state index contributed by atoms with van der Waals surface area (Å²) in [5.41, 5.74) is 0. The van der Waals surface area contributed by atoms with Gasteiger partial charge in [-0.05, 0) is 18.9 Å². The van der Waals surface area contributed by atoms with E-state index >= 15 is 0 Å². The van der Waals surface area contributed by atoms with E-state index in [1.807, 2.05) is 13.8 Å². The maximum atomic E-state index is 11.6. The van der Waals surface area contributed by atoms with Crippen LogP contribution in [0.15, 0.2) is 12.7 Å². The van der Waals surface area contributed by atoms with E-state index in [-0.39, 0.29) is 5.78 Å². The second-order valence-corrected chi connectivity index (χ2v) is 3.61. The molecule has 0 fully saturated rings. The smallest absolute Gasteiger partial charge is 0.410 e. The number of hydrogen-bond donors (Lipinski definition) is 0. The van der Waals surface area contributed by atoms with Crippen LogP contribution in [-0.4, -0.2) is 36.5 Å². The van der Waals surface area contributed by atoms with Crippen LogP contribution in [-0.2, 0) is 9.53 Å². The summed E-state index contributed by atoms with van der Waals surface area (Å²) >= 11 is 0. The van der Waals surface area contributed by atoms with Crippen molar-refractivity contribution in [1.29, 1.82) is 0 Å². The fraction of sp³-hybridized carbons (Fsp3) is 0.667. The number of unbranched alkanes of at least 4 members (excludes halogenated alkanes) is 1. The van der Waals surface area contributed by atoms with Crippen LogP contribution in [0, 0.1) is 0 Å². The van der Waals surface area contributed by atoms with E-state index in [0.29, 0.717) is 13.0 Å². The van der Waals surface area contributed by atoms with Gasteiger partial charge in [0.25, 0.3) is 0 Å². The number of ether oxygens (including phenoxy) is 1. The van der Waals surface area contributed by atoms with Gasteiger partial charge in [-0.3, -0.25) is 4.79 Å². The van der Waals surface area contributed by atoms with Crippen LogP contribution >= 0.6 is 0 Å². The number of amides is 1. The lowest BCUT2D eigenvalue weighted by Gasteiger charge is -2.24. The first-order valence-electron chi connectivity index (χ1n) is 5.64. The highest BCUT2D eigenvalue weighted by molar-refractivity contribution is 5.95. The molecule has 0 saturated heterocycles. The van der Waals surface area contributed by atoms with Gasteiger partial charge in [0.15, 0.2) is 5.78 Å². The third-order valence-corrected chi connectivity index (χ3v) is 2.40. The first-order chi connectivity index (χ1) is 7.58. The summed E-state index contributed by atoms with van der Waals surface area (Å²) in [5.74, 6) is -0.155. The largest absolute Gasteiger partial charge is 0.449 e. The average molecular weight is 227 g/mol. The molecule has 0 heterocycles. The highest BCUT2D eigenvalue weighted by Crippen LogP contribution is 2.06. The molecule has 1 amide bonds. The number of rotatable bonds is 7. The molecule has 0 radical (unpaired) electrons. The predicted molar refractivity (Wildman–Crippen MR) is 63.3 cm³/mol. The van der Waals surface area contributed by atoms with Gasteiger partial charge in [0.05, 0.1) is 12.6 Å². The first-order valence-corrected chi connectivity index (χ1v) is 5.64. The highest BCUT2D eigenvalue weighted by Gasteiger charge is 2.23. The van der Waals surface area contributed by atoms with Crippen LogP contribution in [0.25, 0.3) is 0 Å². The zero-order chi connectivity index (χ0) is 12.6. The van der Waals surface area contributed by atoms with Gasteiger partial charge in [-0.15, -0.1) is 0 Å². The van der Waals surface area contributed by atoms with Gasteiger partial charge in [-0.2, -0.15) is 0 Å². The minimum absolute atomic E-state index is 0.155. The Balaban J connectivity index is 4.27. The lowest BCUT2D eigenvalue weighted by Crippen LogP contribution is -2.41. The van der Waals surface area contributed by atoms with Gasteiger partial charge in [0, 0.05) is 7.05 Å². The number of ketones is 1. The molecule has 0 saturated carbocycles. The van der Waals surface area contributed by atoms with Crippen molar-refractivity contribution in [3.8, 4) is 0 Å². The Kier molecular flexibility index (Phi) is 7.25. The summed E-state index contributed by atoms with van der Waals surface area (Å²) in [7, 11) is 1.57. The molecule has 0 aliphatic rings. The summed E-state index contributed by atoms with van der Waals surface area (Å²) < 4.78 is 5.02. The Morgan fingerprint density at radius 2 is 2.06 bits per heavy atom. The molecule has 1 unspecified atom stereocenters. The fourth-order valence-corrected chi connectivity index (χ4v) is 1.33. The standard InChI is InChI=1S/C12H21NO3/c1-5-8-9-16-12(15)13(4)10(6-2)11(14)7-3/h7,10H,3,5-6,8-9H2,1-2,4H3. The van der Waals surface area contributed by atoms with Crippen molar-refractivity contribution < 1.29 is 14.3 Å². The van der Waals surface area contributed by atoms with Gasteiger partial charge in [0.2, 0.25) is 0 Å². The Morgan fingerprint density at radius 1 is 1.44 bits per heavy atom. The van der Waals surface area contributed by atoms with Crippen molar-refractivity contribution in [2.75, 3.05) is 13.7 Å². The number of nitrogens with zero attached hydrogens (tertiary/aromatic N) is 1. The second kappa shape index (κ2) is 7.91. The SMILES string of the molecule is C=CC(=O)C(CC)N(C)C(=O)OCCCC. The fourth-order valence-electron chi connectivity index (χ4n) is 1.33. The normalized spacial score (nSPS) is 11.7. The maximum Gasteiger partial charge on any atom is 0.410 e. The monoisotopic (exact) mass is 227 g/mol. The molecule has 0 aliphatic carbocycles. The quantitative estimate of drug-likeness (QED) is 0.495. The molecule has 16 heavy (non-hydrogen) atoms. The molecule has 0 N–H and O–H groups in total. The van der Waals surface area contributed by atoms with Crippen molar-refractivity contribution in [1.82, 2.24) is 4.90 Å². The van der Waals surface area contributed by atoms with Gasteiger partial charge in [-0.1, -0.05) is 26.8 Å². The van der Waals surface area contributed by atoms with Crippen molar-refractivity contribution in [3.05, 3.63) is 12.7 Å². The van der Waals surface area contributed by atoms with Crippen molar-refractivity contribution in [2.24, 2.45) is 0 Å². The third-order valence-electron chi connectivity index (χ3n) is 2.40. The van der Waals surface area contributed by atoms with Gasteiger partial charge < -0.3 is 9.64 Å². The van der Waals surface area contributed by atoms with Crippen LogP contribution in [0.4, 0.5) is 4.79 Å². The van der Waals surface area contributed by atoms with Crippen LogP contribution in [0.5, 0.6) is 0 Å². The van der Waals surface area contributed by atoms with Crippen LogP contribution in [0.1, 0.15) is 33.1 Å². The third kappa shape index (κ3) is 4.47. The molecule has 0 aliphatic heterocycles. The van der Waals surface area contributed by atoms with Crippen molar-refractivity contribution in [2.45, 2.75) is 39.2 Å². The average Bonchev–Trinajstić information content (AvgIpc) is 2.29. The summed E-state index contributed by atoms with van der Waals surface area (Å²) in [4.78, 5) is 24.3. The summed E-state index contributed by atoms with van der Waals surface area (Å²) in [6.45, 7) is 7.69. The van der Waals surface area contributed by atoms with Crippen LogP contribution in [0.3, 0.4) is 0 Å². The van der Waals surface area contributed by atoms with Crippen LogP contribution in [0.2, 0.25) is 0 Å². The molecular formula is C12H21NO3. The molecule has 0 spiro atoms. The molecule has 4 nitrogen and oxygen atoms in total. The van der Waals surface area contributed by atoms with Gasteiger partial charge in [0.1, 0.15) is 0 Å². The van der Waals surface area contributed by atoms with Gasteiger partial charge >= 0.3 is 6.09 Å². The van der Waals surface area contributed by atoms with Crippen molar-refractivity contribution >= 4 is 11.9 Å². The molecule has 0 aromatic rings. The minimum Gasteiger partial charge on any atom is -0.449 e. The number of carbonyl (C=O) groups is 2. The van der Waals surface area contributed by atoms with E-state index in [0.717, 1.165) is 12.8 Å². The Bertz CT molecular complexity index is 251. The molecule has 0 rings (SSSR count). The lowest BCUT2D eigenvalue weighted by molar-refractivity contribution is -0.118. The first kappa shape index (κ1) is 14.7. The Hall–Kier alpha value is -1.32. The zero-order valence-electron chi connectivity index (χ0n) is 10.4. The zero-order valence-corrected chi connectivity index (χ0v) is 10.4. The number of carbonyl (C=O) groups excluding carboxylic acids is 2. The van der Waals surface area contributed by atoms with E-state index in [2.05, 4.69) is 6.58 Å². The van der Waals surface area contributed by atoms with E-state index in [1.54, 1.807) is 7.05 Å². The Labute approximate surface area is 97.3 Å². The minimum atomic E-state index is -0.466. The Morgan fingerprint density at radius 3 is 2.50 bits per heavy atom. The molecule has 0 aromatic heterocycles.